The number of aromatic nitrogens is 3. The second-order valence-corrected chi connectivity index (χ2v) is 4.44. The predicted molar refractivity (Wildman–Crippen MR) is 72.4 cm³/mol. The topological polar surface area (TPSA) is 53.8 Å². The number of hydrogen-bond donors (Lipinski definition) is 0. The molecule has 0 spiro atoms. The molecule has 0 aliphatic carbocycles. The highest BCUT2D eigenvalue weighted by Gasteiger charge is 2.08. The summed E-state index contributed by atoms with van der Waals surface area (Å²) in [4.78, 5) is 8.72. The fourth-order valence-electron chi connectivity index (χ4n) is 2.22. The number of benzene rings is 1. The van der Waals surface area contributed by atoms with Crippen molar-refractivity contribution in [1.29, 1.82) is 0 Å². The van der Waals surface area contributed by atoms with Crippen molar-refractivity contribution in [2.45, 2.75) is 26.2 Å². The molecular formula is C14H14N3O-. The number of pyridine rings is 1. The Balaban J connectivity index is 2.26. The smallest absolute Gasteiger partial charge is 0.107 e. The summed E-state index contributed by atoms with van der Waals surface area (Å²) in [5.74, 6) is 0.602. The standard InChI is InChI=1S/C14H14N3O/c1-2-3-8-13-16-12-9-15-11-7-5-4-6-10(11)14(12)17(13)18/h4-7,9H,2-3,8H2,1H3/q-1. The molecule has 0 radical (unpaired) electrons. The molecule has 2 aromatic heterocycles. The highest BCUT2D eigenvalue weighted by atomic mass is 16.5. The van der Waals surface area contributed by atoms with E-state index in [0.29, 0.717) is 16.9 Å². The summed E-state index contributed by atoms with van der Waals surface area (Å²) in [5, 5.41) is 13.1. The molecule has 2 heterocycles. The van der Waals surface area contributed by atoms with E-state index < -0.39 is 0 Å². The zero-order chi connectivity index (χ0) is 12.5. The van der Waals surface area contributed by atoms with Crippen LogP contribution in [0.5, 0.6) is 0 Å². The third-order valence-electron chi connectivity index (χ3n) is 3.17. The van der Waals surface area contributed by atoms with Crippen molar-refractivity contribution in [3.8, 4) is 0 Å². The average Bonchev–Trinajstić information content (AvgIpc) is 2.73. The number of nitrogens with zero attached hydrogens (tertiary/aromatic N) is 3. The monoisotopic (exact) mass is 240 g/mol. The number of rotatable bonds is 3. The van der Waals surface area contributed by atoms with Crippen LogP contribution in [0, 0.1) is 5.21 Å². The van der Waals surface area contributed by atoms with E-state index in [2.05, 4.69) is 16.9 Å². The van der Waals surface area contributed by atoms with E-state index in [9.17, 15) is 5.21 Å². The second kappa shape index (κ2) is 4.29. The number of para-hydroxylation sites is 1. The van der Waals surface area contributed by atoms with E-state index in [1.165, 1.54) is 0 Å². The van der Waals surface area contributed by atoms with Crippen molar-refractivity contribution in [2.24, 2.45) is 0 Å². The van der Waals surface area contributed by atoms with Crippen molar-refractivity contribution >= 4 is 21.9 Å². The lowest BCUT2D eigenvalue weighted by Gasteiger charge is -2.12. The maximum atomic E-state index is 12.3. The van der Waals surface area contributed by atoms with Crippen LogP contribution in [-0.2, 0) is 6.42 Å². The summed E-state index contributed by atoms with van der Waals surface area (Å²) in [6.45, 7) is 2.11. The Morgan fingerprint density at radius 1 is 1.22 bits per heavy atom. The molecular weight excluding hydrogens is 226 g/mol. The molecule has 0 aliphatic heterocycles. The van der Waals surface area contributed by atoms with Gasteiger partial charge in [0.1, 0.15) is 11.3 Å². The number of unbranched alkanes of at least 4 members (excludes halogenated alkanes) is 1. The van der Waals surface area contributed by atoms with Gasteiger partial charge in [0.25, 0.3) is 0 Å². The Morgan fingerprint density at radius 2 is 2.06 bits per heavy atom. The number of fused-ring (bicyclic) bond motifs is 3. The Hall–Kier alpha value is -2.10. The third-order valence-corrected chi connectivity index (χ3v) is 3.17. The van der Waals surface area contributed by atoms with Crippen molar-refractivity contribution < 1.29 is 0 Å². The Bertz CT molecular complexity index is 703. The fourth-order valence-corrected chi connectivity index (χ4v) is 2.22. The summed E-state index contributed by atoms with van der Waals surface area (Å²) in [5.41, 5.74) is 2.17. The number of hydrogen-bond acceptors (Lipinski definition) is 3. The molecule has 0 N–H and O–H groups in total. The van der Waals surface area contributed by atoms with Gasteiger partial charge in [-0.2, -0.15) is 0 Å². The quantitative estimate of drug-likeness (QED) is 0.706. The van der Waals surface area contributed by atoms with Gasteiger partial charge in [-0.05, 0) is 12.5 Å². The highest BCUT2D eigenvalue weighted by molar-refractivity contribution is 6.02. The van der Waals surface area contributed by atoms with Crippen LogP contribution >= 0.6 is 0 Å². The number of imidazole rings is 1. The molecule has 0 amide bonds. The SMILES string of the molecule is CCCCc1nc2cnc3ccccc3c2n1[O-]. The van der Waals surface area contributed by atoms with Crippen LogP contribution in [-0.4, -0.2) is 14.7 Å². The summed E-state index contributed by atoms with van der Waals surface area (Å²) in [6, 6.07) is 7.67. The maximum Gasteiger partial charge on any atom is 0.107 e. The van der Waals surface area contributed by atoms with Gasteiger partial charge in [-0.15, -0.1) is 0 Å². The zero-order valence-electron chi connectivity index (χ0n) is 10.3. The van der Waals surface area contributed by atoms with E-state index in [4.69, 9.17) is 0 Å². The van der Waals surface area contributed by atoms with Gasteiger partial charge in [0.15, 0.2) is 0 Å². The maximum absolute atomic E-state index is 12.3. The van der Waals surface area contributed by atoms with E-state index in [0.717, 1.165) is 34.9 Å². The number of aryl methyl sites for hydroxylation is 1. The Labute approximate surface area is 105 Å². The van der Waals surface area contributed by atoms with Crippen molar-refractivity contribution in [3.63, 3.8) is 0 Å². The molecule has 0 bridgehead atoms. The van der Waals surface area contributed by atoms with Crippen molar-refractivity contribution in [1.82, 2.24) is 14.7 Å². The minimum atomic E-state index is 0.602. The summed E-state index contributed by atoms with van der Waals surface area (Å²) >= 11 is 0. The summed E-state index contributed by atoms with van der Waals surface area (Å²) < 4.78 is 0.967. The second-order valence-electron chi connectivity index (χ2n) is 4.44. The zero-order valence-corrected chi connectivity index (χ0v) is 10.3. The van der Waals surface area contributed by atoms with E-state index in [1.54, 1.807) is 6.20 Å². The fraction of sp³-hybridized carbons (Fsp3) is 0.286. The normalized spacial score (nSPS) is 11.4. The molecule has 0 saturated heterocycles. The molecule has 0 saturated carbocycles. The van der Waals surface area contributed by atoms with Crippen molar-refractivity contribution in [3.05, 3.63) is 41.5 Å². The van der Waals surface area contributed by atoms with Crippen LogP contribution in [0.2, 0.25) is 0 Å². The first kappa shape index (κ1) is 11.0. The van der Waals surface area contributed by atoms with E-state index in [-0.39, 0.29) is 0 Å². The van der Waals surface area contributed by atoms with E-state index >= 15 is 0 Å². The van der Waals surface area contributed by atoms with Crippen LogP contribution in [0.25, 0.3) is 21.9 Å². The third kappa shape index (κ3) is 1.61. The van der Waals surface area contributed by atoms with Crippen LogP contribution in [0.4, 0.5) is 0 Å². The molecule has 92 valence electrons. The Morgan fingerprint density at radius 3 is 2.89 bits per heavy atom. The molecule has 1 aromatic carbocycles. The molecule has 0 atom stereocenters. The Kier molecular flexibility index (Phi) is 2.63. The molecule has 18 heavy (non-hydrogen) atoms. The van der Waals surface area contributed by atoms with Gasteiger partial charge in [-0.3, -0.25) is 4.98 Å². The lowest BCUT2D eigenvalue weighted by Crippen LogP contribution is -1.96. The molecule has 3 aromatic rings. The van der Waals surface area contributed by atoms with Gasteiger partial charge >= 0.3 is 0 Å². The van der Waals surface area contributed by atoms with Gasteiger partial charge in [0.05, 0.1) is 17.2 Å². The first-order valence-electron chi connectivity index (χ1n) is 6.24. The van der Waals surface area contributed by atoms with Crippen LogP contribution in [0.1, 0.15) is 25.6 Å². The molecule has 4 heteroatoms. The van der Waals surface area contributed by atoms with Crippen LogP contribution < -0.4 is 0 Å². The van der Waals surface area contributed by atoms with Gasteiger partial charge < -0.3 is 9.94 Å². The molecule has 4 nitrogen and oxygen atoms in total. The highest BCUT2D eigenvalue weighted by Crippen LogP contribution is 2.24. The lowest BCUT2D eigenvalue weighted by atomic mass is 10.2. The molecule has 0 unspecified atom stereocenters. The molecule has 0 aliphatic rings. The minimum Gasteiger partial charge on any atom is -0.804 e. The summed E-state index contributed by atoms with van der Waals surface area (Å²) in [7, 11) is 0. The summed E-state index contributed by atoms with van der Waals surface area (Å²) in [6.07, 6.45) is 4.45. The van der Waals surface area contributed by atoms with Crippen LogP contribution in [0.15, 0.2) is 30.5 Å². The van der Waals surface area contributed by atoms with Gasteiger partial charge in [0.2, 0.25) is 0 Å². The first-order valence-corrected chi connectivity index (χ1v) is 6.24. The average molecular weight is 240 g/mol. The van der Waals surface area contributed by atoms with Crippen molar-refractivity contribution in [2.75, 3.05) is 0 Å². The van der Waals surface area contributed by atoms with Gasteiger partial charge in [-0.1, -0.05) is 31.5 Å². The van der Waals surface area contributed by atoms with Crippen LogP contribution in [0.3, 0.4) is 0 Å². The molecule has 3 rings (SSSR count). The first-order chi connectivity index (χ1) is 8.81. The predicted octanol–water partition coefficient (Wildman–Crippen LogP) is 3.27. The minimum absolute atomic E-state index is 0.602. The van der Waals surface area contributed by atoms with E-state index in [1.807, 2.05) is 24.3 Å². The van der Waals surface area contributed by atoms with Gasteiger partial charge in [-0.25, -0.2) is 4.98 Å². The molecule has 0 fully saturated rings. The lowest BCUT2D eigenvalue weighted by molar-refractivity contribution is 0.745. The largest absolute Gasteiger partial charge is 0.804 e. The van der Waals surface area contributed by atoms with Gasteiger partial charge in [0, 0.05) is 11.8 Å².